The summed E-state index contributed by atoms with van der Waals surface area (Å²) in [7, 11) is -3.75. The van der Waals surface area contributed by atoms with Crippen LogP contribution in [0, 0.1) is 0 Å². The zero-order valence-corrected chi connectivity index (χ0v) is 11.3. The predicted octanol–water partition coefficient (Wildman–Crippen LogP) is -0.203. The maximum atomic E-state index is 11.7. The van der Waals surface area contributed by atoms with Gasteiger partial charge in [0.05, 0.1) is 4.90 Å². The number of benzene rings is 1. The number of carbonyl (C=O) groups is 2. The number of amides is 2. The maximum absolute atomic E-state index is 11.7. The molecule has 1 aromatic rings. The van der Waals surface area contributed by atoms with Crippen molar-refractivity contribution in [2.75, 3.05) is 5.32 Å². The maximum Gasteiger partial charge on any atom is 0.246 e. The van der Waals surface area contributed by atoms with Crippen LogP contribution in [0.3, 0.4) is 0 Å². The van der Waals surface area contributed by atoms with Crippen LogP contribution < -0.4 is 15.8 Å². The van der Waals surface area contributed by atoms with Crippen LogP contribution in [0.2, 0.25) is 0 Å². The van der Waals surface area contributed by atoms with Gasteiger partial charge >= 0.3 is 0 Å². The lowest BCUT2D eigenvalue weighted by molar-refractivity contribution is -0.124. The third kappa shape index (κ3) is 4.68. The van der Waals surface area contributed by atoms with Gasteiger partial charge in [0.2, 0.25) is 21.8 Å². The lowest BCUT2D eigenvalue weighted by atomic mass is 10.2. The first-order valence-electron chi connectivity index (χ1n) is 5.41. The average molecular weight is 285 g/mol. The molecule has 0 saturated carbocycles. The minimum absolute atomic E-state index is 0.0413. The monoisotopic (exact) mass is 285 g/mol. The smallest absolute Gasteiger partial charge is 0.246 e. The van der Waals surface area contributed by atoms with Crippen LogP contribution in [-0.2, 0) is 19.6 Å². The van der Waals surface area contributed by atoms with E-state index in [1.807, 2.05) is 0 Å². The van der Waals surface area contributed by atoms with Gasteiger partial charge in [-0.05, 0) is 31.2 Å². The first-order chi connectivity index (χ1) is 8.70. The van der Waals surface area contributed by atoms with Gasteiger partial charge in [0.25, 0.3) is 0 Å². The summed E-state index contributed by atoms with van der Waals surface area (Å²) in [5, 5.41) is 9.92. The number of primary sulfonamides is 1. The highest BCUT2D eigenvalue weighted by molar-refractivity contribution is 7.89. The number of carbonyl (C=O) groups excluding carboxylic acids is 2. The Morgan fingerprint density at radius 2 is 1.74 bits per heavy atom. The molecule has 104 valence electrons. The molecule has 0 aliphatic carbocycles. The van der Waals surface area contributed by atoms with E-state index in [-0.39, 0.29) is 10.8 Å². The van der Waals surface area contributed by atoms with Gasteiger partial charge in [-0.3, -0.25) is 9.59 Å². The van der Waals surface area contributed by atoms with Gasteiger partial charge in [-0.25, -0.2) is 13.6 Å². The predicted molar refractivity (Wildman–Crippen MR) is 69.7 cm³/mol. The van der Waals surface area contributed by atoms with Crippen LogP contribution in [0.1, 0.15) is 13.8 Å². The lowest BCUT2D eigenvalue weighted by Crippen LogP contribution is -2.40. The molecule has 2 amide bonds. The van der Waals surface area contributed by atoms with Crippen molar-refractivity contribution in [3.8, 4) is 0 Å². The van der Waals surface area contributed by atoms with Crippen molar-refractivity contribution in [1.82, 2.24) is 5.32 Å². The number of rotatable bonds is 4. The van der Waals surface area contributed by atoms with Crippen LogP contribution in [0.5, 0.6) is 0 Å². The van der Waals surface area contributed by atoms with Gasteiger partial charge in [-0.2, -0.15) is 0 Å². The standard InChI is InChI=1S/C11H15N3O4S/c1-7(13-8(2)15)11(16)14-9-3-5-10(6-4-9)19(12,17)18/h3-7H,1-2H3,(H,13,15)(H,14,16)(H2,12,17,18)/t7-/m0/s1. The molecule has 0 heterocycles. The van der Waals surface area contributed by atoms with Gasteiger partial charge in [-0.15, -0.1) is 0 Å². The van der Waals surface area contributed by atoms with Crippen LogP contribution in [0.4, 0.5) is 5.69 Å². The van der Waals surface area contributed by atoms with E-state index in [9.17, 15) is 18.0 Å². The molecule has 0 unspecified atom stereocenters. The van der Waals surface area contributed by atoms with Gasteiger partial charge in [0, 0.05) is 12.6 Å². The second-order valence-electron chi connectivity index (χ2n) is 3.98. The second kappa shape index (κ2) is 5.81. The van der Waals surface area contributed by atoms with E-state index in [2.05, 4.69) is 10.6 Å². The van der Waals surface area contributed by atoms with Crippen molar-refractivity contribution >= 4 is 27.5 Å². The third-order valence-electron chi connectivity index (χ3n) is 2.26. The quantitative estimate of drug-likeness (QED) is 0.709. The Kier molecular flexibility index (Phi) is 4.62. The number of hydrogen-bond acceptors (Lipinski definition) is 4. The molecule has 1 aromatic carbocycles. The number of sulfonamides is 1. The van der Waals surface area contributed by atoms with E-state index < -0.39 is 22.0 Å². The minimum atomic E-state index is -3.75. The second-order valence-corrected chi connectivity index (χ2v) is 5.54. The highest BCUT2D eigenvalue weighted by Gasteiger charge is 2.14. The van der Waals surface area contributed by atoms with Crippen LogP contribution in [0.15, 0.2) is 29.2 Å². The van der Waals surface area contributed by atoms with E-state index in [4.69, 9.17) is 5.14 Å². The largest absolute Gasteiger partial charge is 0.345 e. The van der Waals surface area contributed by atoms with Crippen molar-refractivity contribution < 1.29 is 18.0 Å². The van der Waals surface area contributed by atoms with Crippen molar-refractivity contribution in [2.45, 2.75) is 24.8 Å². The van der Waals surface area contributed by atoms with Gasteiger partial charge < -0.3 is 10.6 Å². The SMILES string of the molecule is CC(=O)N[C@@H](C)C(=O)Nc1ccc(S(N)(=O)=O)cc1. The highest BCUT2D eigenvalue weighted by Crippen LogP contribution is 2.12. The number of nitrogens with one attached hydrogen (secondary N) is 2. The summed E-state index contributed by atoms with van der Waals surface area (Å²) >= 11 is 0. The zero-order valence-electron chi connectivity index (χ0n) is 10.5. The zero-order chi connectivity index (χ0) is 14.6. The third-order valence-corrected chi connectivity index (χ3v) is 3.19. The molecule has 19 heavy (non-hydrogen) atoms. The number of nitrogens with two attached hydrogens (primary N) is 1. The van der Waals surface area contributed by atoms with E-state index in [0.717, 1.165) is 0 Å². The summed E-state index contributed by atoms with van der Waals surface area (Å²) in [6, 6.07) is 4.72. The van der Waals surface area contributed by atoms with Crippen molar-refractivity contribution in [2.24, 2.45) is 5.14 Å². The Bertz CT molecular complexity index is 580. The van der Waals surface area contributed by atoms with E-state index >= 15 is 0 Å². The average Bonchev–Trinajstić information content (AvgIpc) is 2.27. The highest BCUT2D eigenvalue weighted by atomic mass is 32.2. The van der Waals surface area contributed by atoms with Gasteiger partial charge in [0.1, 0.15) is 6.04 Å². The van der Waals surface area contributed by atoms with Crippen LogP contribution >= 0.6 is 0 Å². The molecular weight excluding hydrogens is 270 g/mol. The molecule has 0 aliphatic heterocycles. The fraction of sp³-hybridized carbons (Fsp3) is 0.273. The fourth-order valence-electron chi connectivity index (χ4n) is 1.35. The fourth-order valence-corrected chi connectivity index (χ4v) is 1.86. The number of anilines is 1. The van der Waals surface area contributed by atoms with Crippen molar-refractivity contribution in [3.63, 3.8) is 0 Å². The minimum Gasteiger partial charge on any atom is -0.345 e. The Morgan fingerprint density at radius 1 is 1.21 bits per heavy atom. The molecule has 0 fully saturated rings. The molecule has 0 aromatic heterocycles. The summed E-state index contributed by atoms with van der Waals surface area (Å²) in [6.45, 7) is 2.85. The van der Waals surface area contributed by atoms with E-state index in [0.29, 0.717) is 5.69 Å². The molecule has 7 nitrogen and oxygen atoms in total. The molecule has 1 atom stereocenters. The first kappa shape index (κ1) is 15.1. The van der Waals surface area contributed by atoms with Crippen LogP contribution in [-0.4, -0.2) is 26.3 Å². The Morgan fingerprint density at radius 3 is 2.16 bits per heavy atom. The molecule has 0 radical (unpaired) electrons. The number of hydrogen-bond donors (Lipinski definition) is 3. The lowest BCUT2D eigenvalue weighted by Gasteiger charge is -2.12. The Balaban J connectivity index is 2.73. The molecule has 0 saturated heterocycles. The molecule has 0 aliphatic rings. The van der Waals surface area contributed by atoms with Crippen molar-refractivity contribution in [3.05, 3.63) is 24.3 Å². The molecule has 0 spiro atoms. The normalized spacial score (nSPS) is 12.6. The summed E-state index contributed by atoms with van der Waals surface area (Å²) < 4.78 is 22.1. The summed E-state index contributed by atoms with van der Waals surface area (Å²) in [6.07, 6.45) is 0. The molecule has 1 rings (SSSR count). The molecule has 0 bridgehead atoms. The first-order valence-corrected chi connectivity index (χ1v) is 6.95. The topological polar surface area (TPSA) is 118 Å². The van der Waals surface area contributed by atoms with E-state index in [1.165, 1.54) is 38.1 Å². The Hall–Kier alpha value is -1.93. The summed E-state index contributed by atoms with van der Waals surface area (Å²) in [5.41, 5.74) is 0.412. The summed E-state index contributed by atoms with van der Waals surface area (Å²) in [5.74, 6) is -0.717. The molecule has 8 heteroatoms. The molecule has 4 N–H and O–H groups in total. The van der Waals surface area contributed by atoms with E-state index in [1.54, 1.807) is 0 Å². The van der Waals surface area contributed by atoms with Crippen LogP contribution in [0.25, 0.3) is 0 Å². The van der Waals surface area contributed by atoms with Gasteiger partial charge in [0.15, 0.2) is 0 Å². The molecular formula is C11H15N3O4S. The van der Waals surface area contributed by atoms with Gasteiger partial charge in [-0.1, -0.05) is 0 Å². The summed E-state index contributed by atoms with van der Waals surface area (Å²) in [4.78, 5) is 22.4. The Labute approximate surface area is 111 Å². The van der Waals surface area contributed by atoms with Crippen molar-refractivity contribution in [1.29, 1.82) is 0 Å².